The Balaban J connectivity index is 2.43. The molecule has 0 fully saturated rings. The largest absolute Gasteiger partial charge is 0.465 e. The fourth-order valence-electron chi connectivity index (χ4n) is 2.47. The zero-order valence-corrected chi connectivity index (χ0v) is 13.4. The van der Waals surface area contributed by atoms with E-state index >= 15 is 0 Å². The topological polar surface area (TPSA) is 56.5 Å². The number of hydrogen-bond donors (Lipinski definition) is 0. The Bertz CT molecular complexity index is 716. The van der Waals surface area contributed by atoms with Crippen molar-refractivity contribution in [2.75, 3.05) is 25.1 Å². The number of benzene rings is 1. The second-order valence-electron chi connectivity index (χ2n) is 5.07. The molecule has 0 saturated heterocycles. The van der Waals surface area contributed by atoms with Crippen LogP contribution in [0.5, 0.6) is 0 Å². The van der Waals surface area contributed by atoms with E-state index in [1.165, 1.54) is 0 Å². The third-order valence-corrected chi connectivity index (χ3v) is 3.58. The second-order valence-corrected chi connectivity index (χ2v) is 5.07. The summed E-state index contributed by atoms with van der Waals surface area (Å²) in [5.74, 6) is -0.348. The molecule has 0 radical (unpaired) electrons. The minimum Gasteiger partial charge on any atom is -0.465 e. The van der Waals surface area contributed by atoms with Gasteiger partial charge in [0.2, 0.25) is 0 Å². The molecule has 0 saturated carbocycles. The first-order valence-corrected chi connectivity index (χ1v) is 7.18. The van der Waals surface area contributed by atoms with E-state index in [1.807, 2.05) is 44.3 Å². The van der Waals surface area contributed by atoms with E-state index in [0.29, 0.717) is 12.3 Å². The summed E-state index contributed by atoms with van der Waals surface area (Å²) in [5, 5.41) is 0. The lowest BCUT2D eigenvalue weighted by Crippen LogP contribution is -2.31. The predicted octanol–water partition coefficient (Wildman–Crippen LogP) is 1.48. The van der Waals surface area contributed by atoms with Crippen molar-refractivity contribution in [1.82, 2.24) is 9.36 Å². The van der Waals surface area contributed by atoms with Gasteiger partial charge in [-0.15, -0.1) is 0 Å². The lowest BCUT2D eigenvalue weighted by molar-refractivity contribution is -0.141. The molecule has 0 aliphatic heterocycles. The molecule has 6 heteroatoms. The maximum absolute atomic E-state index is 12.7. The van der Waals surface area contributed by atoms with Crippen LogP contribution in [-0.2, 0) is 16.6 Å². The van der Waals surface area contributed by atoms with Gasteiger partial charge >= 0.3 is 5.97 Å². The number of likely N-dealkylation sites (N-methyl/N-ethyl adjacent to an activating group) is 1. The summed E-state index contributed by atoms with van der Waals surface area (Å²) in [7, 11) is 3.54. The molecule has 1 heterocycles. The first-order valence-electron chi connectivity index (χ1n) is 7.18. The van der Waals surface area contributed by atoms with Crippen LogP contribution in [0.25, 0.3) is 5.69 Å². The molecule has 118 valence electrons. The van der Waals surface area contributed by atoms with Crippen molar-refractivity contribution in [1.29, 1.82) is 0 Å². The van der Waals surface area contributed by atoms with E-state index in [-0.39, 0.29) is 18.1 Å². The number of esters is 1. The standard InChI is InChI=1S/C16H21N3O3/c1-5-22-14(20)11-17(3)15-12(2)18(4)19(16(15)21)13-9-7-6-8-10-13/h6-10H,5,11H2,1-4H3. The van der Waals surface area contributed by atoms with Crippen molar-refractivity contribution >= 4 is 11.7 Å². The highest BCUT2D eigenvalue weighted by Crippen LogP contribution is 2.16. The van der Waals surface area contributed by atoms with Gasteiger partial charge in [0.1, 0.15) is 12.2 Å². The van der Waals surface area contributed by atoms with Crippen molar-refractivity contribution in [2.45, 2.75) is 13.8 Å². The van der Waals surface area contributed by atoms with Gasteiger partial charge in [-0.25, -0.2) is 4.68 Å². The second kappa shape index (κ2) is 6.51. The number of anilines is 1. The minimum absolute atomic E-state index is 0.0444. The Labute approximate surface area is 129 Å². The van der Waals surface area contributed by atoms with Gasteiger partial charge in [0, 0.05) is 14.1 Å². The van der Waals surface area contributed by atoms with Crippen LogP contribution in [0.4, 0.5) is 5.69 Å². The molecule has 0 N–H and O–H groups in total. The van der Waals surface area contributed by atoms with E-state index in [0.717, 1.165) is 11.4 Å². The van der Waals surface area contributed by atoms with Crippen LogP contribution in [0.1, 0.15) is 12.6 Å². The highest BCUT2D eigenvalue weighted by Gasteiger charge is 2.20. The Kier molecular flexibility index (Phi) is 4.70. The minimum atomic E-state index is -0.348. The molecule has 6 nitrogen and oxygen atoms in total. The van der Waals surface area contributed by atoms with E-state index in [4.69, 9.17) is 4.74 Å². The molecule has 0 spiro atoms. The van der Waals surface area contributed by atoms with Crippen LogP contribution < -0.4 is 10.5 Å². The molecule has 0 aliphatic rings. The van der Waals surface area contributed by atoms with Gasteiger partial charge in [-0.1, -0.05) is 18.2 Å². The SMILES string of the molecule is CCOC(=O)CN(C)c1c(C)n(C)n(-c2ccccc2)c1=O. The summed E-state index contributed by atoms with van der Waals surface area (Å²) >= 11 is 0. The molecular formula is C16H21N3O3. The Hall–Kier alpha value is -2.50. The van der Waals surface area contributed by atoms with Crippen molar-refractivity contribution in [3.8, 4) is 5.69 Å². The van der Waals surface area contributed by atoms with E-state index < -0.39 is 0 Å². The summed E-state index contributed by atoms with van der Waals surface area (Å²) in [6.45, 7) is 3.99. The summed E-state index contributed by atoms with van der Waals surface area (Å²) in [6.07, 6.45) is 0. The van der Waals surface area contributed by atoms with Crippen LogP contribution in [0.15, 0.2) is 35.1 Å². The number of carbonyl (C=O) groups is 1. The Morgan fingerprint density at radius 1 is 1.27 bits per heavy atom. The zero-order valence-electron chi connectivity index (χ0n) is 13.4. The third kappa shape index (κ3) is 2.90. The van der Waals surface area contributed by atoms with Gasteiger partial charge in [0.25, 0.3) is 5.56 Å². The fourth-order valence-corrected chi connectivity index (χ4v) is 2.47. The van der Waals surface area contributed by atoms with Crippen molar-refractivity contribution < 1.29 is 9.53 Å². The monoisotopic (exact) mass is 303 g/mol. The summed E-state index contributed by atoms with van der Waals surface area (Å²) < 4.78 is 8.32. The highest BCUT2D eigenvalue weighted by molar-refractivity contribution is 5.76. The molecular weight excluding hydrogens is 282 g/mol. The number of aromatic nitrogens is 2. The maximum Gasteiger partial charge on any atom is 0.325 e. The number of hydrogen-bond acceptors (Lipinski definition) is 4. The van der Waals surface area contributed by atoms with Crippen molar-refractivity contribution in [3.05, 3.63) is 46.4 Å². The van der Waals surface area contributed by atoms with Gasteiger partial charge in [-0.3, -0.25) is 14.3 Å². The summed E-state index contributed by atoms with van der Waals surface area (Å²) in [4.78, 5) is 26.0. The smallest absolute Gasteiger partial charge is 0.325 e. The quantitative estimate of drug-likeness (QED) is 0.785. The average Bonchev–Trinajstić information content (AvgIpc) is 2.70. The van der Waals surface area contributed by atoms with Gasteiger partial charge in [0.05, 0.1) is 18.0 Å². The van der Waals surface area contributed by atoms with E-state index in [9.17, 15) is 9.59 Å². The number of carbonyl (C=O) groups excluding carboxylic acids is 1. The average molecular weight is 303 g/mol. The number of para-hydroxylation sites is 1. The number of rotatable bonds is 5. The normalized spacial score (nSPS) is 10.5. The van der Waals surface area contributed by atoms with E-state index in [2.05, 4.69) is 0 Å². The van der Waals surface area contributed by atoms with Crippen LogP contribution in [-0.4, -0.2) is 35.5 Å². The Morgan fingerprint density at radius 2 is 1.91 bits per heavy atom. The molecule has 0 bridgehead atoms. The molecule has 0 unspecified atom stereocenters. The molecule has 1 aromatic carbocycles. The molecule has 0 atom stereocenters. The summed E-state index contributed by atoms with van der Waals surface area (Å²) in [5.41, 5.74) is 1.92. The van der Waals surface area contributed by atoms with Gasteiger partial charge < -0.3 is 9.64 Å². The number of ether oxygens (including phenoxy) is 1. The number of nitrogens with zero attached hydrogens (tertiary/aromatic N) is 3. The molecule has 2 rings (SSSR count). The zero-order chi connectivity index (χ0) is 16.3. The van der Waals surface area contributed by atoms with Crippen molar-refractivity contribution in [3.63, 3.8) is 0 Å². The predicted molar refractivity (Wildman–Crippen MR) is 85.7 cm³/mol. The van der Waals surface area contributed by atoms with Crippen LogP contribution in [0.2, 0.25) is 0 Å². The van der Waals surface area contributed by atoms with Gasteiger partial charge in [-0.2, -0.15) is 0 Å². The maximum atomic E-state index is 12.7. The molecule has 22 heavy (non-hydrogen) atoms. The lowest BCUT2D eigenvalue weighted by Gasteiger charge is -2.16. The third-order valence-electron chi connectivity index (χ3n) is 3.58. The van der Waals surface area contributed by atoms with Gasteiger partial charge in [0.15, 0.2) is 0 Å². The van der Waals surface area contributed by atoms with Gasteiger partial charge in [-0.05, 0) is 26.0 Å². The van der Waals surface area contributed by atoms with Crippen LogP contribution >= 0.6 is 0 Å². The first kappa shape index (κ1) is 15.9. The summed E-state index contributed by atoms with van der Waals surface area (Å²) in [6, 6.07) is 9.41. The van der Waals surface area contributed by atoms with Crippen molar-refractivity contribution in [2.24, 2.45) is 7.05 Å². The molecule has 1 aromatic heterocycles. The molecule has 0 aliphatic carbocycles. The molecule has 2 aromatic rings. The van der Waals surface area contributed by atoms with Crippen LogP contribution in [0.3, 0.4) is 0 Å². The van der Waals surface area contributed by atoms with E-state index in [1.54, 1.807) is 28.2 Å². The molecule has 0 amide bonds. The van der Waals surface area contributed by atoms with Crippen LogP contribution in [0, 0.1) is 6.92 Å². The fraction of sp³-hybridized carbons (Fsp3) is 0.375. The Morgan fingerprint density at radius 3 is 2.50 bits per heavy atom. The lowest BCUT2D eigenvalue weighted by atomic mass is 10.3. The first-order chi connectivity index (χ1) is 10.5. The highest BCUT2D eigenvalue weighted by atomic mass is 16.5.